The zero-order chi connectivity index (χ0) is 15.2. The first-order valence-electron chi connectivity index (χ1n) is 7.41. The Morgan fingerprint density at radius 1 is 1.38 bits per heavy atom. The summed E-state index contributed by atoms with van der Waals surface area (Å²) >= 11 is 1.52. The van der Waals surface area contributed by atoms with Crippen LogP contribution in [0.4, 0.5) is 0 Å². The Balaban J connectivity index is 2.29. The first kappa shape index (κ1) is 15.9. The molecule has 1 aromatic carbocycles. The summed E-state index contributed by atoms with van der Waals surface area (Å²) in [5.41, 5.74) is 2.09. The lowest BCUT2D eigenvalue weighted by atomic mass is 10.2. The van der Waals surface area contributed by atoms with Gasteiger partial charge in [-0.1, -0.05) is 43.7 Å². The van der Waals surface area contributed by atoms with Crippen molar-refractivity contribution in [2.45, 2.75) is 50.1 Å². The first-order chi connectivity index (χ1) is 10.2. The predicted molar refractivity (Wildman–Crippen MR) is 86.6 cm³/mol. The molecule has 1 aromatic heterocycles. The minimum absolute atomic E-state index is 0.164. The van der Waals surface area contributed by atoms with Gasteiger partial charge in [0.1, 0.15) is 5.25 Å². The maximum absolute atomic E-state index is 12.0. The monoisotopic (exact) mass is 306 g/mol. The number of para-hydroxylation sites is 2. The Hall–Kier alpha value is -1.49. The highest BCUT2D eigenvalue weighted by Gasteiger charge is 2.23. The van der Waals surface area contributed by atoms with Crippen LogP contribution in [0.25, 0.3) is 11.0 Å². The lowest BCUT2D eigenvalue weighted by Gasteiger charge is -2.14. The number of aryl methyl sites for hydroxylation is 1. The normalized spacial score (nSPS) is 12.5. The number of esters is 1. The third-order valence-corrected chi connectivity index (χ3v) is 4.70. The largest absolute Gasteiger partial charge is 0.468 e. The number of unbranched alkanes of at least 4 members (excludes halogenated alkanes) is 1. The highest BCUT2D eigenvalue weighted by atomic mass is 32.2. The van der Waals surface area contributed by atoms with Crippen molar-refractivity contribution in [2.75, 3.05) is 7.11 Å². The van der Waals surface area contributed by atoms with Gasteiger partial charge in [-0.05, 0) is 25.5 Å². The molecule has 1 atom stereocenters. The molecule has 0 saturated heterocycles. The van der Waals surface area contributed by atoms with Gasteiger partial charge in [-0.3, -0.25) is 4.79 Å². The maximum atomic E-state index is 12.0. The van der Waals surface area contributed by atoms with Gasteiger partial charge in [0.2, 0.25) is 0 Å². The van der Waals surface area contributed by atoms with Crippen LogP contribution in [0.2, 0.25) is 0 Å². The average molecular weight is 306 g/mol. The molecule has 0 spiro atoms. The van der Waals surface area contributed by atoms with Crippen molar-refractivity contribution in [3.63, 3.8) is 0 Å². The van der Waals surface area contributed by atoms with E-state index >= 15 is 0 Å². The third-order valence-electron chi connectivity index (χ3n) is 3.47. The van der Waals surface area contributed by atoms with Crippen LogP contribution in [-0.4, -0.2) is 27.9 Å². The number of carbonyl (C=O) groups is 1. The van der Waals surface area contributed by atoms with Crippen LogP contribution in [-0.2, 0) is 16.1 Å². The topological polar surface area (TPSA) is 44.1 Å². The molecule has 2 aromatic rings. The lowest BCUT2D eigenvalue weighted by molar-refractivity contribution is -0.140. The van der Waals surface area contributed by atoms with Crippen LogP contribution >= 0.6 is 11.8 Å². The second kappa shape index (κ2) is 7.50. The number of thioether (sulfide) groups is 1. The molecule has 0 fully saturated rings. The van der Waals surface area contributed by atoms with Gasteiger partial charge < -0.3 is 9.30 Å². The molecule has 4 nitrogen and oxygen atoms in total. The highest BCUT2D eigenvalue weighted by molar-refractivity contribution is 8.00. The molecule has 21 heavy (non-hydrogen) atoms. The summed E-state index contributed by atoms with van der Waals surface area (Å²) in [6, 6.07) is 8.07. The second-order valence-corrected chi connectivity index (χ2v) is 6.07. The van der Waals surface area contributed by atoms with Crippen molar-refractivity contribution in [1.29, 1.82) is 0 Å². The zero-order valence-corrected chi connectivity index (χ0v) is 13.7. The van der Waals surface area contributed by atoms with Crippen molar-refractivity contribution in [3.8, 4) is 0 Å². The number of carbonyl (C=O) groups excluding carboxylic acids is 1. The fourth-order valence-electron chi connectivity index (χ4n) is 2.32. The van der Waals surface area contributed by atoms with E-state index < -0.39 is 0 Å². The molecule has 0 aliphatic heterocycles. The average Bonchev–Trinajstić information content (AvgIpc) is 2.87. The molecule has 114 valence electrons. The number of rotatable bonds is 7. The van der Waals surface area contributed by atoms with E-state index in [2.05, 4.69) is 29.5 Å². The summed E-state index contributed by atoms with van der Waals surface area (Å²) in [4.78, 5) is 16.6. The first-order valence-corrected chi connectivity index (χ1v) is 8.29. The molecule has 0 N–H and O–H groups in total. The van der Waals surface area contributed by atoms with Gasteiger partial charge in [0.05, 0.1) is 18.1 Å². The molecule has 1 heterocycles. The SMILES string of the molecule is CCCCC(Sc1nc2ccccc2n1CC)C(=O)OC. The molecule has 0 saturated carbocycles. The van der Waals surface area contributed by atoms with Crippen LogP contribution < -0.4 is 0 Å². The predicted octanol–water partition coefficient (Wildman–Crippen LogP) is 3.88. The Labute approximate surface area is 129 Å². The van der Waals surface area contributed by atoms with E-state index in [0.29, 0.717) is 0 Å². The summed E-state index contributed by atoms with van der Waals surface area (Å²) in [5, 5.41) is 0.710. The number of benzene rings is 1. The maximum Gasteiger partial charge on any atom is 0.319 e. The molecule has 1 unspecified atom stereocenters. The highest BCUT2D eigenvalue weighted by Crippen LogP contribution is 2.30. The molecule has 2 rings (SSSR count). The van der Waals surface area contributed by atoms with E-state index in [-0.39, 0.29) is 11.2 Å². The third kappa shape index (κ3) is 3.59. The van der Waals surface area contributed by atoms with Crippen LogP contribution in [0, 0.1) is 0 Å². The van der Waals surface area contributed by atoms with Gasteiger partial charge in [-0.2, -0.15) is 0 Å². The molecular formula is C16H22N2O2S. The summed E-state index contributed by atoms with van der Waals surface area (Å²) in [5.74, 6) is -0.164. The van der Waals surface area contributed by atoms with Gasteiger partial charge in [-0.15, -0.1) is 0 Å². The molecule has 0 bridgehead atoms. The Morgan fingerprint density at radius 3 is 2.81 bits per heavy atom. The number of hydrogen-bond donors (Lipinski definition) is 0. The van der Waals surface area contributed by atoms with Crippen molar-refractivity contribution in [1.82, 2.24) is 9.55 Å². The van der Waals surface area contributed by atoms with E-state index in [1.165, 1.54) is 18.9 Å². The quantitative estimate of drug-likeness (QED) is 0.575. The van der Waals surface area contributed by atoms with Gasteiger partial charge in [0.15, 0.2) is 5.16 Å². The van der Waals surface area contributed by atoms with E-state index in [1.54, 1.807) is 0 Å². The smallest absolute Gasteiger partial charge is 0.319 e. The molecule has 0 radical (unpaired) electrons. The zero-order valence-electron chi connectivity index (χ0n) is 12.8. The van der Waals surface area contributed by atoms with E-state index in [1.807, 2.05) is 18.2 Å². The van der Waals surface area contributed by atoms with Crippen LogP contribution in [0.1, 0.15) is 33.1 Å². The summed E-state index contributed by atoms with van der Waals surface area (Å²) in [6.07, 6.45) is 2.90. The fourth-order valence-corrected chi connectivity index (χ4v) is 3.56. The Kier molecular flexibility index (Phi) is 5.67. The molecule has 0 amide bonds. The number of ether oxygens (including phenoxy) is 1. The number of aromatic nitrogens is 2. The number of imidazole rings is 1. The van der Waals surface area contributed by atoms with Crippen LogP contribution in [0.15, 0.2) is 29.4 Å². The van der Waals surface area contributed by atoms with E-state index in [0.717, 1.165) is 42.0 Å². The second-order valence-electron chi connectivity index (χ2n) is 4.90. The summed E-state index contributed by atoms with van der Waals surface area (Å²) in [6.45, 7) is 5.06. The Morgan fingerprint density at radius 2 is 2.14 bits per heavy atom. The Bertz CT molecular complexity index is 609. The van der Waals surface area contributed by atoms with Crippen LogP contribution in [0.5, 0.6) is 0 Å². The minimum Gasteiger partial charge on any atom is -0.468 e. The van der Waals surface area contributed by atoms with E-state index in [9.17, 15) is 4.79 Å². The van der Waals surface area contributed by atoms with Crippen molar-refractivity contribution in [2.24, 2.45) is 0 Å². The molecule has 5 heteroatoms. The molecular weight excluding hydrogens is 284 g/mol. The van der Waals surface area contributed by atoms with Gasteiger partial charge in [0.25, 0.3) is 0 Å². The van der Waals surface area contributed by atoms with Crippen LogP contribution in [0.3, 0.4) is 0 Å². The van der Waals surface area contributed by atoms with Gasteiger partial charge in [0, 0.05) is 6.54 Å². The van der Waals surface area contributed by atoms with Crippen molar-refractivity contribution in [3.05, 3.63) is 24.3 Å². The van der Waals surface area contributed by atoms with Gasteiger partial charge in [-0.25, -0.2) is 4.98 Å². The number of methoxy groups -OCH3 is 1. The number of hydrogen-bond acceptors (Lipinski definition) is 4. The number of fused-ring (bicyclic) bond motifs is 1. The van der Waals surface area contributed by atoms with Crippen molar-refractivity contribution < 1.29 is 9.53 Å². The number of nitrogens with zero attached hydrogens (tertiary/aromatic N) is 2. The van der Waals surface area contributed by atoms with Crippen molar-refractivity contribution >= 4 is 28.8 Å². The standard InChI is InChI=1S/C16H22N2O2S/c1-4-6-11-14(15(19)20-3)21-16-17-12-9-7-8-10-13(12)18(16)5-2/h7-10,14H,4-6,11H2,1-3H3. The van der Waals surface area contributed by atoms with E-state index in [4.69, 9.17) is 4.74 Å². The fraction of sp³-hybridized carbons (Fsp3) is 0.500. The minimum atomic E-state index is -0.183. The summed E-state index contributed by atoms with van der Waals surface area (Å²) < 4.78 is 7.09. The van der Waals surface area contributed by atoms with Gasteiger partial charge >= 0.3 is 5.97 Å². The summed E-state index contributed by atoms with van der Waals surface area (Å²) in [7, 11) is 1.45. The molecule has 0 aliphatic carbocycles. The molecule has 0 aliphatic rings. The lowest BCUT2D eigenvalue weighted by Crippen LogP contribution is -2.19.